The molecule has 0 radical (unpaired) electrons. The normalized spacial score (nSPS) is 19.4. The van der Waals surface area contributed by atoms with Crippen LogP contribution in [0.2, 0.25) is 0 Å². The van der Waals surface area contributed by atoms with Gasteiger partial charge in [0.15, 0.2) is 12.4 Å². The van der Waals surface area contributed by atoms with Crippen LogP contribution in [0.3, 0.4) is 0 Å². The van der Waals surface area contributed by atoms with Crippen LogP contribution in [-0.2, 0) is 23.8 Å². The molecule has 11 nitrogen and oxygen atoms in total. The summed E-state index contributed by atoms with van der Waals surface area (Å²) in [6, 6.07) is -1.04. The Hall–Kier alpha value is -3.42. The van der Waals surface area contributed by atoms with E-state index in [1.807, 2.05) is 6.08 Å². The van der Waals surface area contributed by atoms with Gasteiger partial charge in [-0.1, -0.05) is 253 Å². The van der Waals surface area contributed by atoms with Gasteiger partial charge in [0.2, 0.25) is 5.91 Å². The number of nitrogens with one attached hydrogen (secondary N) is 1. The van der Waals surface area contributed by atoms with Crippen molar-refractivity contribution in [3.8, 4) is 0 Å². The molecule has 1 saturated heterocycles. The van der Waals surface area contributed by atoms with Crippen molar-refractivity contribution in [1.29, 1.82) is 0 Å². The van der Waals surface area contributed by atoms with Gasteiger partial charge in [0.05, 0.1) is 25.4 Å². The first-order valence-electron chi connectivity index (χ1n) is 32.5. The second kappa shape index (κ2) is 56.1. The quantitative estimate of drug-likeness (QED) is 0.0195. The highest BCUT2D eigenvalue weighted by Crippen LogP contribution is 2.26. The highest BCUT2D eigenvalue weighted by molar-refractivity contribution is 5.80. The topological polar surface area (TPSA) is 175 Å². The van der Waals surface area contributed by atoms with Gasteiger partial charge in [-0.25, -0.2) is 0 Å². The minimum atomic E-state index is -1.62. The number of ether oxygens (including phenoxy) is 3. The Labute approximate surface area is 488 Å². The van der Waals surface area contributed by atoms with Crippen LogP contribution in [-0.4, -0.2) is 99.6 Å². The first-order valence-corrected chi connectivity index (χ1v) is 32.5. The molecular weight excluding hydrogens is 1000 g/mol. The maximum Gasteiger partial charge on any atom is 0.306 e. The summed E-state index contributed by atoms with van der Waals surface area (Å²) in [5.41, 5.74) is 0. The van der Waals surface area contributed by atoms with Gasteiger partial charge in [-0.3, -0.25) is 9.59 Å². The van der Waals surface area contributed by atoms with Crippen LogP contribution in [0.25, 0.3) is 0 Å². The monoisotopic (exact) mass is 1120 g/mol. The van der Waals surface area contributed by atoms with E-state index in [9.17, 15) is 35.1 Å². The van der Waals surface area contributed by atoms with Crippen molar-refractivity contribution in [2.75, 3.05) is 13.2 Å². The predicted octanol–water partition coefficient (Wildman–Crippen LogP) is 15.9. The summed E-state index contributed by atoms with van der Waals surface area (Å²) in [5, 5.41) is 57.0. The van der Waals surface area contributed by atoms with Gasteiger partial charge in [0, 0.05) is 6.42 Å². The number of carbonyl (C=O) groups is 2. The highest BCUT2D eigenvalue weighted by Gasteiger charge is 2.47. The number of rotatable bonds is 54. The third-order valence-electron chi connectivity index (χ3n) is 14.7. The zero-order chi connectivity index (χ0) is 58.2. The second-order valence-electron chi connectivity index (χ2n) is 22.1. The Morgan fingerprint density at radius 3 is 1.38 bits per heavy atom. The molecule has 0 aromatic carbocycles. The van der Waals surface area contributed by atoms with Crippen molar-refractivity contribution in [3.63, 3.8) is 0 Å². The van der Waals surface area contributed by atoms with Gasteiger partial charge in [0.25, 0.3) is 0 Å². The van der Waals surface area contributed by atoms with Crippen molar-refractivity contribution in [2.24, 2.45) is 0 Å². The lowest BCUT2D eigenvalue weighted by Crippen LogP contribution is -2.61. The van der Waals surface area contributed by atoms with E-state index >= 15 is 0 Å². The number of aliphatic hydroxyl groups is 5. The van der Waals surface area contributed by atoms with E-state index in [-0.39, 0.29) is 19.4 Å². The molecule has 0 spiro atoms. The molecule has 0 aliphatic carbocycles. The average Bonchev–Trinajstić information content (AvgIpc) is 3.46. The third kappa shape index (κ3) is 43.3. The third-order valence-corrected chi connectivity index (χ3v) is 14.7. The molecule has 1 aliphatic heterocycles. The average molecular weight is 1120 g/mol. The van der Waals surface area contributed by atoms with Crippen LogP contribution < -0.4 is 5.32 Å². The maximum absolute atomic E-state index is 13.4. The fraction of sp³-hybridized carbons (Fsp3) is 0.739. The lowest BCUT2D eigenvalue weighted by molar-refractivity contribution is -0.305. The number of hydrogen-bond donors (Lipinski definition) is 6. The van der Waals surface area contributed by atoms with Gasteiger partial charge in [0.1, 0.15) is 24.4 Å². The van der Waals surface area contributed by atoms with E-state index in [2.05, 4.69) is 111 Å². The molecule has 0 aromatic heterocycles. The van der Waals surface area contributed by atoms with Crippen molar-refractivity contribution in [1.82, 2.24) is 5.32 Å². The summed E-state index contributed by atoms with van der Waals surface area (Å²) in [6.07, 6.45) is 64.4. The fourth-order valence-electron chi connectivity index (χ4n) is 9.59. The number of allylic oxidation sites excluding steroid dienone is 15. The Kier molecular flexibility index (Phi) is 52.3. The van der Waals surface area contributed by atoms with Gasteiger partial charge >= 0.3 is 5.97 Å². The Balaban J connectivity index is 2.66. The highest BCUT2D eigenvalue weighted by atomic mass is 16.7. The molecule has 1 aliphatic rings. The van der Waals surface area contributed by atoms with Crippen LogP contribution >= 0.6 is 0 Å². The minimum absolute atomic E-state index is 0.113. The number of unbranched alkanes of at least 4 members (excludes halogenated alkanes) is 26. The van der Waals surface area contributed by atoms with E-state index in [0.717, 1.165) is 122 Å². The van der Waals surface area contributed by atoms with Crippen molar-refractivity contribution in [2.45, 2.75) is 314 Å². The Bertz CT molecular complexity index is 1670. The molecule has 0 bridgehead atoms. The zero-order valence-corrected chi connectivity index (χ0v) is 50.9. The lowest BCUT2D eigenvalue weighted by atomic mass is 9.99. The number of carbonyl (C=O) groups excluding carboxylic acids is 2. The number of amides is 1. The Morgan fingerprint density at radius 1 is 0.500 bits per heavy atom. The van der Waals surface area contributed by atoms with Crippen LogP contribution in [0.15, 0.2) is 97.2 Å². The number of esters is 1. The first kappa shape index (κ1) is 74.6. The fourth-order valence-corrected chi connectivity index (χ4v) is 9.59. The van der Waals surface area contributed by atoms with E-state index in [0.29, 0.717) is 12.8 Å². The van der Waals surface area contributed by atoms with E-state index < -0.39 is 67.4 Å². The largest absolute Gasteiger partial charge is 0.454 e. The zero-order valence-electron chi connectivity index (χ0n) is 50.9. The standard InChI is InChI=1S/C69H119NO10/c1-4-7-10-13-16-19-22-25-27-28-29-30-31-32-33-34-35-37-38-41-44-47-50-53-56-62(73)68(77)70-60(61(72)55-52-49-46-43-40-24-21-18-15-12-9-6-3)59-78-69-67(66(76)65(75)63(58-71)79-69)80-64(74)57-54-51-48-45-42-39-36-26-23-20-17-14-11-8-5-2/h7,10,16,19-20,23,25,27,29-30,32-33,35,37,52,55,60-63,65-67,69,71-73,75-76H,4-6,8-9,11-15,17-18,21-22,24,26,28,31,34,36,38-51,53-54,56-59H2,1-3H3,(H,70,77)/b10-7-,19-16-,23-20-,27-25-,30-29-,33-32-,37-35-,55-52+. The van der Waals surface area contributed by atoms with Gasteiger partial charge < -0.3 is 45.1 Å². The van der Waals surface area contributed by atoms with E-state index in [4.69, 9.17) is 14.2 Å². The van der Waals surface area contributed by atoms with Crippen molar-refractivity contribution >= 4 is 11.9 Å². The molecule has 1 fully saturated rings. The molecule has 8 atom stereocenters. The first-order chi connectivity index (χ1) is 39.2. The van der Waals surface area contributed by atoms with Crippen LogP contribution in [0.4, 0.5) is 0 Å². The summed E-state index contributed by atoms with van der Waals surface area (Å²) in [6.45, 7) is 5.65. The molecule has 11 heteroatoms. The number of hydrogen-bond acceptors (Lipinski definition) is 10. The van der Waals surface area contributed by atoms with Gasteiger partial charge in [-0.2, -0.15) is 0 Å². The summed E-state index contributed by atoms with van der Waals surface area (Å²) in [7, 11) is 0. The summed E-state index contributed by atoms with van der Waals surface area (Å²) in [4.78, 5) is 26.6. The summed E-state index contributed by atoms with van der Waals surface area (Å²) < 4.78 is 17.6. The molecular formula is C69H119NO10. The molecule has 8 unspecified atom stereocenters. The number of aliphatic hydroxyl groups excluding tert-OH is 5. The minimum Gasteiger partial charge on any atom is -0.454 e. The molecule has 6 N–H and O–H groups in total. The van der Waals surface area contributed by atoms with Crippen LogP contribution in [0, 0.1) is 0 Å². The predicted molar refractivity (Wildman–Crippen MR) is 333 cm³/mol. The van der Waals surface area contributed by atoms with E-state index in [1.165, 1.54) is 96.3 Å². The van der Waals surface area contributed by atoms with Crippen molar-refractivity contribution < 1.29 is 49.3 Å². The summed E-state index contributed by atoms with van der Waals surface area (Å²) in [5.74, 6) is -1.22. The van der Waals surface area contributed by atoms with Crippen molar-refractivity contribution in [3.05, 3.63) is 97.2 Å². The molecule has 1 rings (SSSR count). The molecule has 460 valence electrons. The van der Waals surface area contributed by atoms with Crippen LogP contribution in [0.1, 0.15) is 265 Å². The molecule has 0 saturated carbocycles. The summed E-state index contributed by atoms with van der Waals surface area (Å²) >= 11 is 0. The molecule has 80 heavy (non-hydrogen) atoms. The molecule has 1 heterocycles. The smallest absolute Gasteiger partial charge is 0.306 e. The van der Waals surface area contributed by atoms with E-state index in [1.54, 1.807) is 6.08 Å². The molecule has 1 amide bonds. The lowest BCUT2D eigenvalue weighted by Gasteiger charge is -2.41. The Morgan fingerprint density at radius 2 is 0.900 bits per heavy atom. The van der Waals surface area contributed by atoms with Gasteiger partial charge in [-0.05, 0) is 103 Å². The SMILES string of the molecule is CC/C=C\C/C=C\C/C=C\C/C=C\C/C=C\C/C=C\CCCCCCCC(O)C(=O)NC(COC1OC(CO)C(O)C(O)C1OC(=O)CCCCCCCCC/C=C\CCCCCC)C(O)/C=C/CCCCCCCCCCCC. The second-order valence-corrected chi connectivity index (χ2v) is 22.1. The molecule has 0 aromatic rings. The van der Waals surface area contributed by atoms with Gasteiger partial charge in [-0.15, -0.1) is 0 Å². The van der Waals surface area contributed by atoms with Crippen LogP contribution in [0.5, 0.6) is 0 Å². The maximum atomic E-state index is 13.4.